The summed E-state index contributed by atoms with van der Waals surface area (Å²) < 4.78 is 0. The van der Waals surface area contributed by atoms with Crippen molar-refractivity contribution in [1.29, 1.82) is 0 Å². The standard InChI is InChI=1S/C10H18N2OS/c1-4-8-10(13)12-9(11-8)6-14-5-7(2)3/h7-8H,4-6H2,1-3H3,(H,11,12,13). The van der Waals surface area contributed by atoms with E-state index in [0.29, 0.717) is 5.92 Å². The molecule has 0 aromatic rings. The van der Waals surface area contributed by atoms with E-state index >= 15 is 0 Å². The lowest BCUT2D eigenvalue weighted by atomic mass is 10.2. The summed E-state index contributed by atoms with van der Waals surface area (Å²) in [6.07, 6.45) is 0.796. The molecule has 0 aliphatic carbocycles. The van der Waals surface area contributed by atoms with Gasteiger partial charge in [-0.1, -0.05) is 20.8 Å². The first-order valence-corrected chi connectivity index (χ1v) is 6.24. The van der Waals surface area contributed by atoms with Gasteiger partial charge in [-0.25, -0.2) is 0 Å². The van der Waals surface area contributed by atoms with E-state index in [0.717, 1.165) is 23.8 Å². The molecule has 1 heterocycles. The Hall–Kier alpha value is -0.510. The molecule has 1 aliphatic rings. The van der Waals surface area contributed by atoms with Gasteiger partial charge in [0.05, 0.1) is 5.75 Å². The van der Waals surface area contributed by atoms with E-state index in [9.17, 15) is 4.79 Å². The van der Waals surface area contributed by atoms with Gasteiger partial charge >= 0.3 is 0 Å². The summed E-state index contributed by atoms with van der Waals surface area (Å²) in [6, 6.07) is -0.135. The molecule has 0 aromatic heterocycles. The Morgan fingerprint density at radius 1 is 1.57 bits per heavy atom. The number of aliphatic imine (C=N–C) groups is 1. The second kappa shape index (κ2) is 5.39. The molecule has 1 unspecified atom stereocenters. The van der Waals surface area contributed by atoms with Crippen molar-refractivity contribution in [3.05, 3.63) is 0 Å². The third-order valence-corrected chi connectivity index (χ3v) is 3.34. The molecule has 1 amide bonds. The van der Waals surface area contributed by atoms with E-state index in [1.807, 2.05) is 18.7 Å². The van der Waals surface area contributed by atoms with Crippen LogP contribution in [0.2, 0.25) is 0 Å². The zero-order valence-electron chi connectivity index (χ0n) is 9.04. The third-order valence-electron chi connectivity index (χ3n) is 1.96. The molecule has 0 spiro atoms. The topological polar surface area (TPSA) is 41.5 Å². The number of nitrogens with zero attached hydrogens (tertiary/aromatic N) is 1. The predicted octanol–water partition coefficient (Wildman–Crippen LogP) is 1.68. The zero-order valence-corrected chi connectivity index (χ0v) is 9.86. The predicted molar refractivity (Wildman–Crippen MR) is 61.8 cm³/mol. The summed E-state index contributed by atoms with van der Waals surface area (Å²) in [4.78, 5) is 15.6. The third kappa shape index (κ3) is 3.33. The Balaban J connectivity index is 2.29. The molecular weight excluding hydrogens is 196 g/mol. The number of carbonyl (C=O) groups excluding carboxylic acids is 1. The molecule has 0 aromatic carbocycles. The Morgan fingerprint density at radius 3 is 2.79 bits per heavy atom. The van der Waals surface area contributed by atoms with E-state index in [1.54, 1.807) is 0 Å². The summed E-state index contributed by atoms with van der Waals surface area (Å²) in [7, 11) is 0. The molecule has 1 N–H and O–H groups in total. The molecule has 0 saturated carbocycles. The summed E-state index contributed by atoms with van der Waals surface area (Å²) in [5.74, 6) is 3.56. The van der Waals surface area contributed by atoms with Crippen molar-refractivity contribution >= 4 is 23.5 Å². The number of nitrogens with one attached hydrogen (secondary N) is 1. The van der Waals surface area contributed by atoms with Crippen LogP contribution in [0, 0.1) is 5.92 Å². The van der Waals surface area contributed by atoms with E-state index in [2.05, 4.69) is 24.2 Å². The maximum atomic E-state index is 11.3. The first-order valence-electron chi connectivity index (χ1n) is 5.08. The van der Waals surface area contributed by atoms with Gasteiger partial charge in [0.25, 0.3) is 0 Å². The van der Waals surface area contributed by atoms with Gasteiger partial charge in [0.2, 0.25) is 5.91 Å². The van der Waals surface area contributed by atoms with Crippen molar-refractivity contribution in [2.75, 3.05) is 11.5 Å². The zero-order chi connectivity index (χ0) is 10.6. The van der Waals surface area contributed by atoms with Crippen molar-refractivity contribution in [2.24, 2.45) is 10.9 Å². The van der Waals surface area contributed by atoms with Crippen molar-refractivity contribution in [3.8, 4) is 0 Å². The van der Waals surface area contributed by atoms with Crippen LogP contribution in [0.25, 0.3) is 0 Å². The molecule has 1 rings (SSSR count). The normalized spacial score (nSPS) is 21.3. The summed E-state index contributed by atoms with van der Waals surface area (Å²) >= 11 is 1.83. The van der Waals surface area contributed by atoms with E-state index < -0.39 is 0 Å². The van der Waals surface area contributed by atoms with Gasteiger partial charge < -0.3 is 5.32 Å². The number of carbonyl (C=O) groups is 1. The van der Waals surface area contributed by atoms with Gasteiger partial charge in [-0.2, -0.15) is 11.8 Å². The number of amides is 1. The van der Waals surface area contributed by atoms with Crippen molar-refractivity contribution < 1.29 is 4.79 Å². The van der Waals surface area contributed by atoms with Gasteiger partial charge in [0, 0.05) is 0 Å². The molecular formula is C10H18N2OS. The van der Waals surface area contributed by atoms with Crippen LogP contribution in [0.4, 0.5) is 0 Å². The fourth-order valence-corrected chi connectivity index (χ4v) is 2.18. The molecule has 4 heteroatoms. The quantitative estimate of drug-likeness (QED) is 0.756. The van der Waals surface area contributed by atoms with Gasteiger partial charge in [0.1, 0.15) is 11.9 Å². The molecule has 1 aliphatic heterocycles. The number of hydrogen-bond acceptors (Lipinski definition) is 3. The van der Waals surface area contributed by atoms with E-state index in [1.165, 1.54) is 0 Å². The van der Waals surface area contributed by atoms with Crippen molar-refractivity contribution in [3.63, 3.8) is 0 Å². The second-order valence-electron chi connectivity index (χ2n) is 3.90. The second-order valence-corrected chi connectivity index (χ2v) is 4.93. The lowest BCUT2D eigenvalue weighted by Crippen LogP contribution is -2.29. The summed E-state index contributed by atoms with van der Waals surface area (Å²) in [5.41, 5.74) is 0. The Kier molecular flexibility index (Phi) is 4.45. The van der Waals surface area contributed by atoms with Crippen LogP contribution in [-0.2, 0) is 4.79 Å². The van der Waals surface area contributed by atoms with Crippen molar-refractivity contribution in [2.45, 2.75) is 33.2 Å². The van der Waals surface area contributed by atoms with Gasteiger partial charge in [0.15, 0.2) is 0 Å². The van der Waals surface area contributed by atoms with Gasteiger partial charge in [-0.3, -0.25) is 9.79 Å². The molecule has 0 radical (unpaired) electrons. The number of rotatable bonds is 5. The minimum atomic E-state index is -0.135. The van der Waals surface area contributed by atoms with Crippen LogP contribution in [0.1, 0.15) is 27.2 Å². The fraction of sp³-hybridized carbons (Fsp3) is 0.800. The molecule has 0 saturated heterocycles. The number of amidine groups is 1. The van der Waals surface area contributed by atoms with Crippen LogP contribution in [0.5, 0.6) is 0 Å². The van der Waals surface area contributed by atoms with E-state index in [-0.39, 0.29) is 11.9 Å². The highest BCUT2D eigenvalue weighted by Gasteiger charge is 2.23. The maximum Gasteiger partial charge on any atom is 0.250 e. The molecule has 80 valence electrons. The summed E-state index contributed by atoms with van der Waals surface area (Å²) in [6.45, 7) is 6.37. The van der Waals surface area contributed by atoms with Crippen LogP contribution >= 0.6 is 11.8 Å². The van der Waals surface area contributed by atoms with Gasteiger partial charge in [-0.05, 0) is 18.1 Å². The molecule has 0 bridgehead atoms. The lowest BCUT2D eigenvalue weighted by Gasteiger charge is -2.03. The lowest BCUT2D eigenvalue weighted by molar-refractivity contribution is -0.120. The molecule has 0 fully saturated rings. The minimum absolute atomic E-state index is 0.0626. The first kappa shape index (κ1) is 11.6. The average molecular weight is 214 g/mol. The largest absolute Gasteiger partial charge is 0.312 e. The monoisotopic (exact) mass is 214 g/mol. The number of hydrogen-bond donors (Lipinski definition) is 1. The average Bonchev–Trinajstić information content (AvgIpc) is 2.45. The Bertz CT molecular complexity index is 238. The summed E-state index contributed by atoms with van der Waals surface area (Å²) in [5, 5.41) is 2.82. The van der Waals surface area contributed by atoms with E-state index in [4.69, 9.17) is 0 Å². The smallest absolute Gasteiger partial charge is 0.250 e. The Morgan fingerprint density at radius 2 is 2.29 bits per heavy atom. The van der Waals surface area contributed by atoms with Gasteiger partial charge in [-0.15, -0.1) is 0 Å². The molecule has 1 atom stereocenters. The fourth-order valence-electron chi connectivity index (χ4n) is 1.25. The maximum absolute atomic E-state index is 11.3. The highest BCUT2D eigenvalue weighted by atomic mass is 32.2. The van der Waals surface area contributed by atoms with Crippen LogP contribution in [-0.4, -0.2) is 29.3 Å². The minimum Gasteiger partial charge on any atom is -0.312 e. The van der Waals surface area contributed by atoms with Crippen LogP contribution < -0.4 is 5.32 Å². The SMILES string of the molecule is CCC1N=C(CSCC(C)C)NC1=O. The highest BCUT2D eigenvalue weighted by molar-refractivity contribution is 7.99. The van der Waals surface area contributed by atoms with Crippen LogP contribution in [0.15, 0.2) is 4.99 Å². The van der Waals surface area contributed by atoms with Crippen LogP contribution in [0.3, 0.4) is 0 Å². The van der Waals surface area contributed by atoms with Crippen molar-refractivity contribution in [1.82, 2.24) is 5.32 Å². The number of thioether (sulfide) groups is 1. The first-order chi connectivity index (χ1) is 6.63. The Labute approximate surface area is 89.7 Å². The highest BCUT2D eigenvalue weighted by Crippen LogP contribution is 2.11. The molecule has 14 heavy (non-hydrogen) atoms. The molecule has 3 nitrogen and oxygen atoms in total.